The fraction of sp³-hybridized carbons (Fsp3) is 0.538. The van der Waals surface area contributed by atoms with E-state index >= 15 is 0 Å². The summed E-state index contributed by atoms with van der Waals surface area (Å²) in [4.78, 5) is 48.3. The summed E-state index contributed by atoms with van der Waals surface area (Å²) in [6, 6.07) is 0. The van der Waals surface area contributed by atoms with Gasteiger partial charge in [0.25, 0.3) is 21.9 Å². The van der Waals surface area contributed by atoms with Crippen LogP contribution in [0.1, 0.15) is 19.8 Å². The lowest BCUT2D eigenvalue weighted by Crippen LogP contribution is -2.43. The van der Waals surface area contributed by atoms with Crippen LogP contribution in [0.4, 0.5) is 0 Å². The summed E-state index contributed by atoms with van der Waals surface area (Å²) >= 11 is 0. The summed E-state index contributed by atoms with van der Waals surface area (Å²) in [7, 11) is -4.63. The molecule has 0 aliphatic carbocycles. The Morgan fingerprint density at radius 3 is 2.42 bits per heavy atom. The summed E-state index contributed by atoms with van der Waals surface area (Å²) in [5.74, 6) is -2.39. The molecule has 11 heteroatoms. The van der Waals surface area contributed by atoms with Crippen LogP contribution in [0.5, 0.6) is 0 Å². The number of hydrogen-bond acceptors (Lipinski definition) is 7. The Bertz CT molecular complexity index is 741. The average molecular weight is 360 g/mol. The molecule has 0 aromatic rings. The molecular formula is C13H16N2O8S. The molecule has 2 rings (SSSR count). The lowest BCUT2D eigenvalue weighted by molar-refractivity contribution is -0.140. The monoisotopic (exact) mass is 360 g/mol. The molecule has 2 aliphatic rings. The number of aliphatic hydroxyl groups is 1. The van der Waals surface area contributed by atoms with Crippen LogP contribution in [0.15, 0.2) is 11.6 Å². The standard InChI is InChI=1S/C13H16N2O8S/c1-7-4-10(17)14(12(7)19)3-2-8(16)6-15-11(18)5-9(13(15)20)24(21,22)23/h4,9,13,20H,2-3,5-6H2,1H3,(H,21,22,23). The minimum absolute atomic E-state index is 0.176. The van der Waals surface area contributed by atoms with Crippen molar-refractivity contribution < 1.29 is 37.3 Å². The Hall–Kier alpha value is -2.11. The Morgan fingerprint density at radius 2 is 1.96 bits per heavy atom. The van der Waals surface area contributed by atoms with Gasteiger partial charge >= 0.3 is 0 Å². The third-order valence-corrected chi connectivity index (χ3v) is 5.06. The first kappa shape index (κ1) is 18.2. The number of Topliss-reactive ketones (excluding diaryl/α,β-unsaturated/α-hetero) is 1. The van der Waals surface area contributed by atoms with Gasteiger partial charge in [-0.1, -0.05) is 0 Å². The molecule has 2 aliphatic heterocycles. The van der Waals surface area contributed by atoms with Crippen molar-refractivity contribution in [3.05, 3.63) is 11.6 Å². The van der Waals surface area contributed by atoms with Crippen LogP contribution in [-0.4, -0.2) is 75.9 Å². The Labute approximate surface area is 137 Å². The van der Waals surface area contributed by atoms with Crippen LogP contribution < -0.4 is 0 Å². The number of likely N-dealkylation sites (tertiary alicyclic amines) is 1. The van der Waals surface area contributed by atoms with E-state index in [2.05, 4.69) is 0 Å². The largest absolute Gasteiger partial charge is 0.372 e. The molecule has 1 saturated heterocycles. The minimum Gasteiger partial charge on any atom is -0.372 e. The highest BCUT2D eigenvalue weighted by atomic mass is 32.2. The summed E-state index contributed by atoms with van der Waals surface area (Å²) in [5, 5.41) is 8.09. The number of nitrogens with zero attached hydrogens (tertiary/aromatic N) is 2. The van der Waals surface area contributed by atoms with E-state index in [9.17, 15) is 32.7 Å². The normalized spacial score (nSPS) is 24.8. The van der Waals surface area contributed by atoms with Gasteiger partial charge in [0.2, 0.25) is 5.91 Å². The molecular weight excluding hydrogens is 344 g/mol. The molecule has 0 saturated carbocycles. The van der Waals surface area contributed by atoms with Crippen molar-refractivity contribution in [3.8, 4) is 0 Å². The predicted octanol–water partition coefficient (Wildman–Crippen LogP) is -1.93. The van der Waals surface area contributed by atoms with Crippen molar-refractivity contribution in [2.45, 2.75) is 31.2 Å². The zero-order valence-electron chi connectivity index (χ0n) is 12.7. The lowest BCUT2D eigenvalue weighted by atomic mass is 10.2. The number of hydrogen-bond donors (Lipinski definition) is 2. The molecule has 3 amide bonds. The SMILES string of the molecule is CC1=CC(=O)N(CCC(=O)CN2C(=O)CC(S(=O)(=O)O)C2O)C1=O. The van der Waals surface area contributed by atoms with Gasteiger partial charge in [-0.3, -0.25) is 28.6 Å². The molecule has 2 atom stereocenters. The number of carbonyl (C=O) groups is 4. The minimum atomic E-state index is -4.63. The maximum atomic E-state index is 11.9. The molecule has 132 valence electrons. The van der Waals surface area contributed by atoms with E-state index in [1.54, 1.807) is 0 Å². The highest BCUT2D eigenvalue weighted by Gasteiger charge is 2.46. The van der Waals surface area contributed by atoms with E-state index in [0.717, 1.165) is 11.0 Å². The molecule has 2 N–H and O–H groups in total. The second kappa shape index (κ2) is 6.42. The molecule has 0 aromatic carbocycles. The molecule has 1 fully saturated rings. The van der Waals surface area contributed by atoms with Crippen LogP contribution in [-0.2, 0) is 29.3 Å². The first-order valence-electron chi connectivity index (χ1n) is 7.02. The second-order valence-electron chi connectivity index (χ2n) is 5.60. The fourth-order valence-corrected chi connectivity index (χ4v) is 3.35. The van der Waals surface area contributed by atoms with Gasteiger partial charge in [0.05, 0.1) is 13.0 Å². The van der Waals surface area contributed by atoms with Gasteiger partial charge < -0.3 is 10.0 Å². The van der Waals surface area contributed by atoms with Gasteiger partial charge in [-0.05, 0) is 6.92 Å². The second-order valence-corrected chi connectivity index (χ2v) is 7.24. The third-order valence-electron chi connectivity index (χ3n) is 3.88. The zero-order valence-corrected chi connectivity index (χ0v) is 13.5. The highest BCUT2D eigenvalue weighted by Crippen LogP contribution is 2.23. The van der Waals surface area contributed by atoms with Crippen molar-refractivity contribution in [1.29, 1.82) is 0 Å². The van der Waals surface area contributed by atoms with Crippen LogP contribution >= 0.6 is 0 Å². The van der Waals surface area contributed by atoms with Gasteiger partial charge in [0, 0.05) is 24.6 Å². The molecule has 0 spiro atoms. The first-order chi connectivity index (χ1) is 11.0. The van der Waals surface area contributed by atoms with Crippen LogP contribution in [0.25, 0.3) is 0 Å². The number of aliphatic hydroxyl groups excluding tert-OH is 1. The van der Waals surface area contributed by atoms with Gasteiger partial charge in [0.1, 0.15) is 11.5 Å². The average Bonchev–Trinajstić information content (AvgIpc) is 2.87. The van der Waals surface area contributed by atoms with E-state index in [4.69, 9.17) is 4.55 Å². The molecule has 2 heterocycles. The third kappa shape index (κ3) is 3.52. The number of imide groups is 1. The van der Waals surface area contributed by atoms with Crippen molar-refractivity contribution >= 4 is 33.6 Å². The van der Waals surface area contributed by atoms with E-state index < -0.39 is 58.1 Å². The van der Waals surface area contributed by atoms with Crippen LogP contribution in [0.3, 0.4) is 0 Å². The molecule has 0 bridgehead atoms. The van der Waals surface area contributed by atoms with Crippen molar-refractivity contribution in [3.63, 3.8) is 0 Å². The Balaban J connectivity index is 1.92. The molecule has 0 radical (unpaired) electrons. The summed E-state index contributed by atoms with van der Waals surface area (Å²) in [6.07, 6.45) is -1.54. The number of ketones is 1. The molecule has 2 unspecified atom stereocenters. The summed E-state index contributed by atoms with van der Waals surface area (Å²) in [6.45, 7) is 0.718. The van der Waals surface area contributed by atoms with Gasteiger partial charge in [0.15, 0.2) is 5.78 Å². The summed E-state index contributed by atoms with van der Waals surface area (Å²) < 4.78 is 31.1. The fourth-order valence-electron chi connectivity index (χ4n) is 2.54. The van der Waals surface area contributed by atoms with E-state index in [1.807, 2.05) is 0 Å². The first-order valence-corrected chi connectivity index (χ1v) is 8.52. The predicted molar refractivity (Wildman–Crippen MR) is 77.8 cm³/mol. The smallest absolute Gasteiger partial charge is 0.272 e. The number of carbonyl (C=O) groups excluding carboxylic acids is 4. The lowest BCUT2D eigenvalue weighted by Gasteiger charge is -2.22. The van der Waals surface area contributed by atoms with Gasteiger partial charge in [-0.25, -0.2) is 0 Å². The maximum Gasteiger partial charge on any atom is 0.272 e. The van der Waals surface area contributed by atoms with E-state index in [0.29, 0.717) is 4.90 Å². The number of amides is 3. The van der Waals surface area contributed by atoms with Gasteiger partial charge in [-0.2, -0.15) is 8.42 Å². The highest BCUT2D eigenvalue weighted by molar-refractivity contribution is 7.86. The zero-order chi connectivity index (χ0) is 18.2. The van der Waals surface area contributed by atoms with E-state index in [-0.39, 0.29) is 18.5 Å². The molecule has 10 nitrogen and oxygen atoms in total. The quantitative estimate of drug-likeness (QED) is 0.411. The molecule has 24 heavy (non-hydrogen) atoms. The van der Waals surface area contributed by atoms with Crippen molar-refractivity contribution in [1.82, 2.24) is 9.80 Å². The Kier molecular flexibility index (Phi) is 4.87. The molecule has 0 aromatic heterocycles. The topological polar surface area (TPSA) is 149 Å². The van der Waals surface area contributed by atoms with Crippen LogP contribution in [0.2, 0.25) is 0 Å². The Morgan fingerprint density at radius 1 is 1.33 bits per heavy atom. The number of rotatable bonds is 6. The van der Waals surface area contributed by atoms with Crippen LogP contribution in [0, 0.1) is 0 Å². The summed E-state index contributed by atoms with van der Waals surface area (Å²) in [5.41, 5.74) is 0.258. The maximum absolute atomic E-state index is 11.9. The van der Waals surface area contributed by atoms with Crippen molar-refractivity contribution in [2.24, 2.45) is 0 Å². The van der Waals surface area contributed by atoms with E-state index in [1.165, 1.54) is 6.92 Å². The van der Waals surface area contributed by atoms with Crippen molar-refractivity contribution in [2.75, 3.05) is 13.1 Å². The van der Waals surface area contributed by atoms with Gasteiger partial charge in [-0.15, -0.1) is 0 Å².